The van der Waals surface area contributed by atoms with Crippen LogP contribution in [0.2, 0.25) is 0 Å². The van der Waals surface area contributed by atoms with E-state index in [0.717, 1.165) is 69.1 Å². The van der Waals surface area contributed by atoms with Crippen molar-refractivity contribution in [2.24, 2.45) is 0 Å². The smallest absolute Gasteiger partial charge is 0.326 e. The van der Waals surface area contributed by atoms with Gasteiger partial charge in [0.1, 0.15) is 17.9 Å². The molecule has 9 nitrogen and oxygen atoms in total. The molecule has 2 aromatic rings. The number of aromatic nitrogens is 1. The summed E-state index contributed by atoms with van der Waals surface area (Å²) in [7, 11) is 0. The van der Waals surface area contributed by atoms with E-state index in [2.05, 4.69) is 31.5 Å². The Hall–Kier alpha value is -3.17. The topological polar surface area (TPSA) is 107 Å². The lowest BCUT2D eigenvalue weighted by Crippen LogP contribution is -2.54. The quantitative estimate of drug-likeness (QED) is 0.463. The molecule has 4 heterocycles. The largest absolute Gasteiger partial charge is 0.480 e. The maximum atomic E-state index is 13.0. The third kappa shape index (κ3) is 5.79. The summed E-state index contributed by atoms with van der Waals surface area (Å²) in [6.07, 6.45) is 4.33. The lowest BCUT2D eigenvalue weighted by Gasteiger charge is -2.39. The van der Waals surface area contributed by atoms with Crippen LogP contribution in [-0.4, -0.2) is 77.8 Å². The molecule has 2 atom stereocenters. The fourth-order valence-electron chi connectivity index (χ4n) is 5.27. The number of ether oxygens (including phenoxy) is 1. The molecule has 0 aliphatic carbocycles. The van der Waals surface area contributed by atoms with Gasteiger partial charge in [-0.1, -0.05) is 24.3 Å². The number of carboxylic acids is 1. The number of benzene rings is 1. The zero-order chi connectivity index (χ0) is 24.9. The molecule has 0 radical (unpaired) electrons. The summed E-state index contributed by atoms with van der Waals surface area (Å²) < 4.78 is 6.00. The number of aryl methyl sites for hydroxylation is 1. The highest BCUT2D eigenvalue weighted by Crippen LogP contribution is 2.26. The molecule has 1 amide bonds. The van der Waals surface area contributed by atoms with Gasteiger partial charge in [0, 0.05) is 38.4 Å². The number of carboxylic acid groups (broad SMARTS) is 1. The number of aliphatic carboxylic acids is 1. The van der Waals surface area contributed by atoms with Gasteiger partial charge >= 0.3 is 5.97 Å². The van der Waals surface area contributed by atoms with Gasteiger partial charge in [0.15, 0.2) is 0 Å². The number of rotatable bonds is 10. The van der Waals surface area contributed by atoms with E-state index < -0.39 is 12.0 Å². The lowest BCUT2D eigenvalue weighted by atomic mass is 10.1. The Morgan fingerprint density at radius 1 is 1.17 bits per heavy atom. The molecule has 36 heavy (non-hydrogen) atoms. The van der Waals surface area contributed by atoms with Crippen LogP contribution in [0.1, 0.15) is 36.9 Å². The Bertz CT molecular complexity index is 1060. The molecule has 2 fully saturated rings. The maximum absolute atomic E-state index is 13.0. The van der Waals surface area contributed by atoms with Crippen molar-refractivity contribution >= 4 is 23.4 Å². The van der Waals surface area contributed by atoms with Gasteiger partial charge < -0.3 is 25.4 Å². The van der Waals surface area contributed by atoms with Gasteiger partial charge in [0.2, 0.25) is 5.91 Å². The minimum absolute atomic E-state index is 0.117. The maximum Gasteiger partial charge on any atom is 0.326 e. The third-order valence-electron chi connectivity index (χ3n) is 7.33. The van der Waals surface area contributed by atoms with Crippen LogP contribution in [0, 0.1) is 0 Å². The molecule has 9 heteroatoms. The number of amides is 1. The average molecular weight is 494 g/mol. The van der Waals surface area contributed by atoms with E-state index in [4.69, 9.17) is 4.74 Å². The molecule has 5 rings (SSSR count). The summed E-state index contributed by atoms with van der Waals surface area (Å²) in [5.74, 6) is -0.225. The Balaban J connectivity index is 1.05. The standard InChI is InChI=1S/C27H35N5O4/c33-26(24-9-5-14-32(24)21-7-2-1-3-8-21)30-23(27(34)35)12-15-31-16-22(17-31)36-18-20-11-10-19-6-4-13-28-25(19)29-20/h1-3,7-8,10-11,22-24H,4-6,9,12-18H2,(H,28,29)(H,30,33)(H,34,35)/t23-,24-/m0/s1. The molecular weight excluding hydrogens is 458 g/mol. The molecule has 3 aliphatic heterocycles. The van der Waals surface area contributed by atoms with E-state index in [1.807, 2.05) is 36.4 Å². The highest BCUT2D eigenvalue weighted by molar-refractivity contribution is 5.89. The third-order valence-corrected chi connectivity index (χ3v) is 7.33. The van der Waals surface area contributed by atoms with Crippen LogP contribution in [0.5, 0.6) is 0 Å². The SMILES string of the molecule is O=C(O)[C@H](CCN1CC(OCc2ccc3c(n2)NCCC3)C1)NC(=O)[C@@H]1CCCN1c1ccccc1. The molecule has 3 N–H and O–H groups in total. The minimum Gasteiger partial charge on any atom is -0.480 e. The predicted octanol–water partition coefficient (Wildman–Crippen LogP) is 2.27. The predicted molar refractivity (Wildman–Crippen MR) is 137 cm³/mol. The average Bonchev–Trinajstić information content (AvgIpc) is 3.37. The van der Waals surface area contributed by atoms with E-state index >= 15 is 0 Å². The number of nitrogens with zero attached hydrogens (tertiary/aromatic N) is 3. The first-order valence-corrected chi connectivity index (χ1v) is 13.0. The van der Waals surface area contributed by atoms with Crippen molar-refractivity contribution in [2.45, 2.75) is 56.9 Å². The van der Waals surface area contributed by atoms with Crippen LogP contribution in [0.25, 0.3) is 0 Å². The van der Waals surface area contributed by atoms with Crippen LogP contribution in [0.3, 0.4) is 0 Å². The molecule has 0 unspecified atom stereocenters. The molecule has 0 saturated carbocycles. The Labute approximate surface area is 211 Å². The van der Waals surface area contributed by atoms with E-state index in [1.165, 1.54) is 5.56 Å². The van der Waals surface area contributed by atoms with Gasteiger partial charge in [0.05, 0.1) is 18.4 Å². The number of fused-ring (bicyclic) bond motifs is 1. The normalized spacial score (nSPS) is 20.8. The number of para-hydroxylation sites is 1. The summed E-state index contributed by atoms with van der Waals surface area (Å²) >= 11 is 0. The van der Waals surface area contributed by atoms with Crippen LogP contribution >= 0.6 is 0 Å². The fraction of sp³-hybridized carbons (Fsp3) is 0.519. The van der Waals surface area contributed by atoms with Gasteiger partial charge in [-0.05, 0) is 55.9 Å². The Kier molecular flexibility index (Phi) is 7.67. The Morgan fingerprint density at radius 2 is 2.00 bits per heavy atom. The highest BCUT2D eigenvalue weighted by atomic mass is 16.5. The molecular formula is C27H35N5O4. The van der Waals surface area contributed by atoms with Crippen LogP contribution < -0.4 is 15.5 Å². The van der Waals surface area contributed by atoms with Crippen molar-refractivity contribution < 1.29 is 19.4 Å². The number of pyridine rings is 1. The number of hydrogen-bond donors (Lipinski definition) is 3. The van der Waals surface area contributed by atoms with Crippen molar-refractivity contribution in [1.82, 2.24) is 15.2 Å². The number of likely N-dealkylation sites (tertiary alicyclic amines) is 1. The molecule has 1 aromatic carbocycles. The minimum atomic E-state index is -0.993. The molecule has 0 bridgehead atoms. The first-order valence-electron chi connectivity index (χ1n) is 13.0. The first-order chi connectivity index (χ1) is 17.6. The molecule has 3 aliphatic rings. The second-order valence-corrected chi connectivity index (χ2v) is 9.91. The Morgan fingerprint density at radius 3 is 2.81 bits per heavy atom. The van der Waals surface area contributed by atoms with Crippen LogP contribution in [0.15, 0.2) is 42.5 Å². The van der Waals surface area contributed by atoms with Gasteiger partial charge in [0.25, 0.3) is 0 Å². The summed E-state index contributed by atoms with van der Waals surface area (Å²) in [4.78, 5) is 33.7. The van der Waals surface area contributed by atoms with Crippen molar-refractivity contribution in [2.75, 3.05) is 42.9 Å². The van der Waals surface area contributed by atoms with Gasteiger partial charge in [-0.3, -0.25) is 9.69 Å². The van der Waals surface area contributed by atoms with E-state index in [0.29, 0.717) is 19.6 Å². The monoisotopic (exact) mass is 493 g/mol. The van der Waals surface area contributed by atoms with E-state index in [1.54, 1.807) is 0 Å². The molecule has 192 valence electrons. The van der Waals surface area contributed by atoms with Crippen LogP contribution in [0.4, 0.5) is 11.5 Å². The first kappa shape index (κ1) is 24.5. The van der Waals surface area contributed by atoms with Gasteiger partial charge in [-0.15, -0.1) is 0 Å². The van der Waals surface area contributed by atoms with Gasteiger partial charge in [-0.25, -0.2) is 9.78 Å². The summed E-state index contributed by atoms with van der Waals surface area (Å²) in [5, 5.41) is 15.9. The number of anilines is 2. The second kappa shape index (κ2) is 11.3. The summed E-state index contributed by atoms with van der Waals surface area (Å²) in [6, 6.07) is 12.8. The summed E-state index contributed by atoms with van der Waals surface area (Å²) in [5.41, 5.74) is 3.18. The van der Waals surface area contributed by atoms with Crippen molar-refractivity contribution in [3.63, 3.8) is 0 Å². The van der Waals surface area contributed by atoms with Crippen molar-refractivity contribution in [3.05, 3.63) is 53.7 Å². The van der Waals surface area contributed by atoms with Crippen molar-refractivity contribution in [3.8, 4) is 0 Å². The lowest BCUT2D eigenvalue weighted by molar-refractivity contribution is -0.142. The van der Waals surface area contributed by atoms with Crippen molar-refractivity contribution in [1.29, 1.82) is 0 Å². The molecule has 0 spiro atoms. The number of hydrogen-bond acceptors (Lipinski definition) is 7. The number of carbonyl (C=O) groups is 2. The second-order valence-electron chi connectivity index (χ2n) is 9.91. The number of carbonyl (C=O) groups excluding carboxylic acids is 1. The number of nitrogens with one attached hydrogen (secondary N) is 2. The zero-order valence-electron chi connectivity index (χ0n) is 20.6. The summed E-state index contributed by atoms with van der Waals surface area (Å²) in [6.45, 7) is 4.35. The van der Waals surface area contributed by atoms with Gasteiger partial charge in [-0.2, -0.15) is 0 Å². The molecule has 2 saturated heterocycles. The van der Waals surface area contributed by atoms with E-state index in [-0.39, 0.29) is 18.1 Å². The van der Waals surface area contributed by atoms with E-state index in [9.17, 15) is 14.7 Å². The zero-order valence-corrected chi connectivity index (χ0v) is 20.6. The highest BCUT2D eigenvalue weighted by Gasteiger charge is 2.34. The fourth-order valence-corrected chi connectivity index (χ4v) is 5.27. The molecule has 1 aromatic heterocycles. The van der Waals surface area contributed by atoms with Crippen LogP contribution in [-0.2, 0) is 27.4 Å².